The van der Waals surface area contributed by atoms with Gasteiger partial charge in [0, 0.05) is 43.7 Å². The van der Waals surface area contributed by atoms with E-state index in [0.29, 0.717) is 32.5 Å². The Kier molecular flexibility index (Phi) is 7.51. The molecule has 2 heterocycles. The number of ether oxygens (including phenoxy) is 1. The Hall–Kier alpha value is -2.99. The zero-order valence-corrected chi connectivity index (χ0v) is 21.2. The molecule has 2 aromatic rings. The zero-order chi connectivity index (χ0) is 25.0. The van der Waals surface area contributed by atoms with Crippen LogP contribution in [0.1, 0.15) is 81.0 Å². The van der Waals surface area contributed by atoms with Gasteiger partial charge in [-0.1, -0.05) is 48.9 Å². The average Bonchev–Trinajstić information content (AvgIpc) is 3.17. The number of fused-ring (bicyclic) bond motifs is 2. The lowest BCUT2D eigenvalue weighted by Crippen LogP contribution is -2.52. The Morgan fingerprint density at radius 3 is 2.69 bits per heavy atom. The number of nitrogens with one attached hydrogen (secondary N) is 1. The van der Waals surface area contributed by atoms with Gasteiger partial charge in [0.15, 0.2) is 0 Å². The van der Waals surface area contributed by atoms with Crippen LogP contribution in [0.4, 0.5) is 0 Å². The Balaban J connectivity index is 1.39. The average molecular weight is 488 g/mol. The van der Waals surface area contributed by atoms with E-state index in [0.717, 1.165) is 36.8 Å². The van der Waals surface area contributed by atoms with Crippen molar-refractivity contribution < 1.29 is 14.3 Å². The van der Waals surface area contributed by atoms with Crippen LogP contribution in [-0.2, 0) is 26.3 Å². The first kappa shape index (κ1) is 24.7. The molecule has 5 rings (SSSR count). The molecule has 1 aromatic heterocycles. The van der Waals surface area contributed by atoms with E-state index in [1.807, 2.05) is 36.2 Å². The van der Waals surface area contributed by atoms with Crippen LogP contribution in [0.5, 0.6) is 0 Å². The third-order valence-electron chi connectivity index (χ3n) is 8.24. The number of pyridine rings is 1. The van der Waals surface area contributed by atoms with Crippen molar-refractivity contribution in [2.45, 2.75) is 82.5 Å². The van der Waals surface area contributed by atoms with Gasteiger partial charge >= 0.3 is 0 Å². The van der Waals surface area contributed by atoms with Crippen LogP contribution >= 0.6 is 0 Å². The highest BCUT2D eigenvalue weighted by Crippen LogP contribution is 2.52. The minimum Gasteiger partial charge on any atom is -0.370 e. The second kappa shape index (κ2) is 11.0. The number of hydrogen-bond donors (Lipinski definition) is 1. The van der Waals surface area contributed by atoms with Gasteiger partial charge < -0.3 is 15.0 Å². The highest BCUT2D eigenvalue weighted by molar-refractivity contribution is 5.79. The number of rotatable bonds is 7. The van der Waals surface area contributed by atoms with E-state index in [2.05, 4.69) is 34.6 Å². The van der Waals surface area contributed by atoms with Crippen molar-refractivity contribution in [1.29, 1.82) is 0 Å². The van der Waals surface area contributed by atoms with Crippen molar-refractivity contribution in [2.24, 2.45) is 0 Å². The third kappa shape index (κ3) is 4.96. The summed E-state index contributed by atoms with van der Waals surface area (Å²) >= 11 is 0. The molecule has 0 bridgehead atoms. The molecule has 3 aliphatic rings. The summed E-state index contributed by atoms with van der Waals surface area (Å²) in [4.78, 5) is 32.0. The van der Waals surface area contributed by atoms with Gasteiger partial charge in [0.05, 0.1) is 18.8 Å². The minimum atomic E-state index is -0.245. The largest absolute Gasteiger partial charge is 0.370 e. The van der Waals surface area contributed by atoms with Crippen LogP contribution in [-0.4, -0.2) is 40.9 Å². The molecule has 2 amide bonds. The Labute approximate surface area is 214 Å². The van der Waals surface area contributed by atoms with E-state index >= 15 is 0 Å². The highest BCUT2D eigenvalue weighted by atomic mass is 16.5. The molecule has 2 atom stereocenters. The summed E-state index contributed by atoms with van der Waals surface area (Å²) in [5.74, 6) is 0.267. The fourth-order valence-corrected chi connectivity index (χ4v) is 6.29. The lowest BCUT2D eigenvalue weighted by Gasteiger charge is -2.44. The number of amides is 2. The summed E-state index contributed by atoms with van der Waals surface area (Å²) in [6, 6.07) is 12.2. The Morgan fingerprint density at radius 1 is 1.14 bits per heavy atom. The van der Waals surface area contributed by atoms with E-state index in [1.165, 1.54) is 24.0 Å². The summed E-state index contributed by atoms with van der Waals surface area (Å²) < 4.78 is 6.67. The number of carbonyl (C=O) groups is 2. The fraction of sp³-hybridized carbons (Fsp3) is 0.500. The van der Waals surface area contributed by atoms with Crippen LogP contribution in [0, 0.1) is 0 Å². The SMILES string of the molecule is CCC(=O)N[C@H]1c2ccccc2C2(CCN(C(=O)CC3=CCCCC3)CC2)[C@@H]1OCc1cccnc1. The van der Waals surface area contributed by atoms with Crippen molar-refractivity contribution >= 4 is 11.8 Å². The van der Waals surface area contributed by atoms with E-state index < -0.39 is 0 Å². The number of hydrogen-bond acceptors (Lipinski definition) is 4. The van der Waals surface area contributed by atoms with E-state index in [9.17, 15) is 9.59 Å². The number of nitrogens with zero attached hydrogens (tertiary/aromatic N) is 2. The van der Waals surface area contributed by atoms with Crippen LogP contribution in [0.15, 0.2) is 60.4 Å². The van der Waals surface area contributed by atoms with Crippen molar-refractivity contribution in [3.8, 4) is 0 Å². The molecule has 0 unspecified atom stereocenters. The number of benzene rings is 1. The smallest absolute Gasteiger partial charge is 0.226 e. The van der Waals surface area contributed by atoms with Gasteiger partial charge in [-0.05, 0) is 61.3 Å². The molecule has 0 saturated carbocycles. The summed E-state index contributed by atoms with van der Waals surface area (Å²) in [6.07, 6.45) is 12.9. The maximum atomic E-state index is 13.1. The molecule has 6 heteroatoms. The van der Waals surface area contributed by atoms with Crippen molar-refractivity contribution in [1.82, 2.24) is 15.2 Å². The molecule has 1 fully saturated rings. The first-order valence-corrected chi connectivity index (χ1v) is 13.5. The monoisotopic (exact) mass is 487 g/mol. The number of allylic oxidation sites excluding steroid dienone is 1. The molecule has 2 aliphatic carbocycles. The first-order chi connectivity index (χ1) is 17.6. The summed E-state index contributed by atoms with van der Waals surface area (Å²) in [5, 5.41) is 3.26. The number of likely N-dealkylation sites (tertiary alicyclic amines) is 1. The molecule has 1 aromatic carbocycles. The molecule has 36 heavy (non-hydrogen) atoms. The quantitative estimate of drug-likeness (QED) is 0.558. The summed E-state index contributed by atoms with van der Waals surface area (Å²) in [7, 11) is 0. The van der Waals surface area contributed by atoms with Crippen molar-refractivity contribution in [2.75, 3.05) is 13.1 Å². The van der Waals surface area contributed by atoms with Gasteiger partial charge in [-0.25, -0.2) is 0 Å². The minimum absolute atomic E-state index is 0.0233. The molecule has 1 aliphatic heterocycles. The predicted molar refractivity (Wildman–Crippen MR) is 139 cm³/mol. The van der Waals surface area contributed by atoms with Gasteiger partial charge in [0.1, 0.15) is 0 Å². The van der Waals surface area contributed by atoms with E-state index in [-0.39, 0.29) is 29.4 Å². The van der Waals surface area contributed by atoms with Crippen LogP contribution in [0.2, 0.25) is 0 Å². The standard InChI is InChI=1S/C30H37N3O3/c1-2-26(34)32-28-24-12-6-7-13-25(24)30(29(28)36-21-23-11-8-16-31-20-23)14-17-33(18-15-30)27(35)19-22-9-4-3-5-10-22/h6-9,11-13,16,20,28-29H,2-5,10,14-15,17-19,21H2,1H3,(H,32,34)/t28-,29+/m0/s1. The molecule has 1 saturated heterocycles. The molecule has 1 N–H and O–H groups in total. The number of aromatic nitrogens is 1. The summed E-state index contributed by atoms with van der Waals surface area (Å²) in [5.41, 5.74) is 4.47. The zero-order valence-electron chi connectivity index (χ0n) is 21.2. The molecular weight excluding hydrogens is 450 g/mol. The van der Waals surface area contributed by atoms with Gasteiger partial charge in [0.25, 0.3) is 0 Å². The number of piperidine rings is 1. The van der Waals surface area contributed by atoms with Gasteiger partial charge in [-0.2, -0.15) is 0 Å². The second-order valence-corrected chi connectivity index (χ2v) is 10.4. The van der Waals surface area contributed by atoms with Crippen LogP contribution in [0.3, 0.4) is 0 Å². The summed E-state index contributed by atoms with van der Waals surface area (Å²) in [6.45, 7) is 3.73. The highest BCUT2D eigenvalue weighted by Gasteiger charge is 2.54. The molecular formula is C30H37N3O3. The van der Waals surface area contributed by atoms with E-state index in [4.69, 9.17) is 4.74 Å². The molecule has 0 radical (unpaired) electrons. The molecule has 1 spiro atoms. The Bertz CT molecular complexity index is 1110. The van der Waals surface area contributed by atoms with Gasteiger partial charge in [-0.3, -0.25) is 14.6 Å². The van der Waals surface area contributed by atoms with Crippen LogP contribution < -0.4 is 5.32 Å². The third-order valence-corrected chi connectivity index (χ3v) is 8.24. The van der Waals surface area contributed by atoms with E-state index in [1.54, 1.807) is 6.20 Å². The molecule has 6 nitrogen and oxygen atoms in total. The van der Waals surface area contributed by atoms with Gasteiger partial charge in [0.2, 0.25) is 11.8 Å². The lowest BCUT2D eigenvalue weighted by atomic mass is 9.71. The maximum Gasteiger partial charge on any atom is 0.226 e. The fourth-order valence-electron chi connectivity index (χ4n) is 6.29. The van der Waals surface area contributed by atoms with Crippen LogP contribution in [0.25, 0.3) is 0 Å². The topological polar surface area (TPSA) is 71.5 Å². The number of carbonyl (C=O) groups excluding carboxylic acids is 2. The lowest BCUT2D eigenvalue weighted by molar-refractivity contribution is -0.133. The Morgan fingerprint density at radius 2 is 1.97 bits per heavy atom. The van der Waals surface area contributed by atoms with Crippen molar-refractivity contribution in [3.63, 3.8) is 0 Å². The van der Waals surface area contributed by atoms with Crippen molar-refractivity contribution in [3.05, 3.63) is 77.1 Å². The molecule has 190 valence electrons. The predicted octanol–water partition coefficient (Wildman–Crippen LogP) is 5.00. The maximum absolute atomic E-state index is 13.1. The second-order valence-electron chi connectivity index (χ2n) is 10.4. The first-order valence-electron chi connectivity index (χ1n) is 13.5. The normalized spacial score (nSPS) is 22.7. The van der Waals surface area contributed by atoms with Gasteiger partial charge in [-0.15, -0.1) is 0 Å².